The quantitative estimate of drug-likeness (QED) is 0.228. The first-order valence-corrected chi connectivity index (χ1v) is 15.7. The van der Waals surface area contributed by atoms with Gasteiger partial charge in [-0.2, -0.15) is 4.98 Å². The number of ether oxygens (including phenoxy) is 1. The Labute approximate surface area is 243 Å². The van der Waals surface area contributed by atoms with Crippen molar-refractivity contribution in [3.8, 4) is 17.2 Å². The highest BCUT2D eigenvalue weighted by Gasteiger charge is 2.30. The molecule has 4 aromatic rings. The molecule has 1 aliphatic heterocycles. The molecule has 2 heterocycles. The highest BCUT2D eigenvalue weighted by atomic mass is 32.2. The number of hydrogen-bond donors (Lipinski definition) is 1. The van der Waals surface area contributed by atoms with Crippen LogP contribution in [-0.2, 0) is 15.3 Å². The summed E-state index contributed by atoms with van der Waals surface area (Å²) in [6.07, 6.45) is 3.52. The summed E-state index contributed by atoms with van der Waals surface area (Å²) < 4.78 is 38.9. The first-order chi connectivity index (χ1) is 19.7. The summed E-state index contributed by atoms with van der Waals surface area (Å²) in [5, 5.41) is 3.25. The second kappa shape index (κ2) is 12.1. The molecule has 1 atom stereocenters. The van der Waals surface area contributed by atoms with Gasteiger partial charge in [-0.15, -0.1) is 0 Å². The molecule has 7 nitrogen and oxygen atoms in total. The van der Waals surface area contributed by atoms with Gasteiger partial charge in [0.15, 0.2) is 0 Å². The molecular weight excluding hydrogens is 534 g/mol. The van der Waals surface area contributed by atoms with Crippen LogP contribution in [0, 0.1) is 0 Å². The lowest BCUT2D eigenvalue weighted by Crippen LogP contribution is -2.37. The first-order valence-electron chi connectivity index (χ1n) is 14.2. The number of nitrogens with one attached hydrogen (secondary N) is 1. The molecule has 0 spiro atoms. The van der Waals surface area contributed by atoms with Crippen LogP contribution in [0.1, 0.15) is 57.2 Å². The second-order valence-corrected chi connectivity index (χ2v) is 13.4. The number of methoxy groups -OCH3 is 1. The maximum Gasteiger partial charge on any atom is 0.233 e. The van der Waals surface area contributed by atoms with Gasteiger partial charge in [0.25, 0.3) is 0 Å². The molecule has 5 rings (SSSR count). The topological polar surface area (TPSA) is 84.7 Å². The van der Waals surface area contributed by atoms with Crippen LogP contribution < -0.4 is 10.1 Å². The van der Waals surface area contributed by atoms with Crippen LogP contribution in [0.15, 0.2) is 93.2 Å². The number of aromatic nitrogens is 1. The van der Waals surface area contributed by atoms with Crippen molar-refractivity contribution in [1.82, 2.24) is 9.88 Å². The van der Waals surface area contributed by atoms with Crippen LogP contribution in [0.3, 0.4) is 0 Å². The summed E-state index contributed by atoms with van der Waals surface area (Å²) in [5.41, 5.74) is 3.20. The number of sulfone groups is 1. The van der Waals surface area contributed by atoms with Gasteiger partial charge in [0.1, 0.15) is 5.75 Å². The number of nitrogens with zero attached hydrogens (tertiary/aromatic N) is 2. The molecule has 0 aliphatic carbocycles. The van der Waals surface area contributed by atoms with Crippen molar-refractivity contribution in [2.24, 2.45) is 0 Å². The van der Waals surface area contributed by atoms with Crippen molar-refractivity contribution >= 4 is 15.7 Å². The lowest BCUT2D eigenvalue weighted by Gasteiger charge is -2.35. The lowest BCUT2D eigenvalue weighted by molar-refractivity contribution is 0.170. The first kappa shape index (κ1) is 28.9. The Hall–Kier alpha value is -3.62. The fourth-order valence-electron chi connectivity index (χ4n) is 5.25. The van der Waals surface area contributed by atoms with Crippen LogP contribution in [0.2, 0.25) is 0 Å². The van der Waals surface area contributed by atoms with E-state index in [9.17, 15) is 8.42 Å². The van der Waals surface area contributed by atoms with Crippen molar-refractivity contribution in [3.05, 3.63) is 90.0 Å². The molecule has 0 amide bonds. The highest BCUT2D eigenvalue weighted by molar-refractivity contribution is 7.91. The average Bonchev–Trinajstić information content (AvgIpc) is 3.43. The summed E-state index contributed by atoms with van der Waals surface area (Å²) in [6, 6.07) is 24.4. The van der Waals surface area contributed by atoms with E-state index in [2.05, 4.69) is 60.2 Å². The Morgan fingerprint density at radius 3 is 2.20 bits per heavy atom. The van der Waals surface area contributed by atoms with E-state index in [1.54, 1.807) is 61.7 Å². The number of hydrogen-bond acceptors (Lipinski definition) is 7. The summed E-state index contributed by atoms with van der Waals surface area (Å²) in [6.45, 7) is 9.11. The Kier molecular flexibility index (Phi) is 8.52. The van der Waals surface area contributed by atoms with Gasteiger partial charge in [-0.25, -0.2) is 8.42 Å². The molecule has 1 fully saturated rings. The fourth-order valence-corrected chi connectivity index (χ4v) is 6.55. The van der Waals surface area contributed by atoms with Crippen LogP contribution in [0.5, 0.6) is 5.75 Å². The van der Waals surface area contributed by atoms with Crippen molar-refractivity contribution in [2.75, 3.05) is 32.1 Å². The number of oxazole rings is 1. The molecule has 1 N–H and O–H groups in total. The largest absolute Gasteiger partial charge is 0.497 e. The van der Waals surface area contributed by atoms with E-state index in [1.807, 2.05) is 0 Å². The molecule has 216 valence electrons. The molecule has 1 aromatic heterocycles. The van der Waals surface area contributed by atoms with Gasteiger partial charge in [-0.3, -0.25) is 4.90 Å². The molecule has 3 aromatic carbocycles. The Morgan fingerprint density at radius 1 is 0.927 bits per heavy atom. The minimum Gasteiger partial charge on any atom is -0.497 e. The van der Waals surface area contributed by atoms with E-state index in [4.69, 9.17) is 9.15 Å². The molecule has 0 bridgehead atoms. The van der Waals surface area contributed by atoms with Crippen LogP contribution in [0.25, 0.3) is 11.5 Å². The molecule has 1 saturated heterocycles. The van der Waals surface area contributed by atoms with Gasteiger partial charge in [0, 0.05) is 12.1 Å². The van der Waals surface area contributed by atoms with Gasteiger partial charge in [0.2, 0.25) is 26.6 Å². The van der Waals surface area contributed by atoms with E-state index < -0.39 is 9.84 Å². The smallest absolute Gasteiger partial charge is 0.233 e. The zero-order chi connectivity index (χ0) is 29.0. The van der Waals surface area contributed by atoms with Gasteiger partial charge in [-0.1, -0.05) is 69.7 Å². The van der Waals surface area contributed by atoms with Gasteiger partial charge in [-0.05, 0) is 78.9 Å². The molecule has 0 radical (unpaired) electrons. The zero-order valence-electron chi connectivity index (χ0n) is 24.3. The number of piperidine rings is 1. The number of anilines is 1. The molecule has 1 aliphatic rings. The lowest BCUT2D eigenvalue weighted by atomic mass is 9.86. The molecule has 8 heteroatoms. The van der Waals surface area contributed by atoms with Crippen molar-refractivity contribution in [3.63, 3.8) is 0 Å². The minimum atomic E-state index is -3.93. The maximum atomic E-state index is 13.8. The average molecular weight is 574 g/mol. The third-order valence-corrected chi connectivity index (χ3v) is 9.37. The Morgan fingerprint density at radius 2 is 1.59 bits per heavy atom. The second-order valence-electron chi connectivity index (χ2n) is 11.6. The standard InChI is InChI=1S/C33H39N3O4S/c1-33(2,3)26-17-13-24(14-18-26)29(36-21-9-6-10-22-36)23-34-31-32(41(37,38)28-11-7-5-8-12-28)35-30(40-31)25-15-19-27(39-4)20-16-25/h5,7-8,11-20,29,34H,6,9-10,21-23H2,1-4H3. The summed E-state index contributed by atoms with van der Waals surface area (Å²) in [4.78, 5) is 7.16. The van der Waals surface area contributed by atoms with E-state index in [1.165, 1.54) is 17.5 Å². The van der Waals surface area contributed by atoms with Crippen LogP contribution >= 0.6 is 0 Å². The van der Waals surface area contributed by atoms with Crippen LogP contribution in [0.4, 0.5) is 5.88 Å². The molecule has 0 saturated carbocycles. The van der Waals surface area contributed by atoms with E-state index in [0.717, 1.165) is 25.9 Å². The Balaban J connectivity index is 1.50. The normalized spacial score (nSPS) is 15.4. The SMILES string of the molecule is COc1ccc(-c2nc(S(=O)(=O)c3ccccc3)c(NCC(c3ccc(C(C)(C)C)cc3)N3CCCCC3)o2)cc1. The third kappa shape index (κ3) is 6.49. The van der Waals surface area contributed by atoms with Gasteiger partial charge < -0.3 is 14.5 Å². The van der Waals surface area contributed by atoms with E-state index >= 15 is 0 Å². The number of rotatable bonds is 9. The van der Waals surface area contributed by atoms with Gasteiger partial charge >= 0.3 is 0 Å². The molecular formula is C33H39N3O4S. The zero-order valence-corrected chi connectivity index (χ0v) is 25.1. The molecule has 41 heavy (non-hydrogen) atoms. The van der Waals surface area contributed by atoms with Crippen molar-refractivity contribution < 1.29 is 17.6 Å². The van der Waals surface area contributed by atoms with E-state index in [0.29, 0.717) is 17.9 Å². The van der Waals surface area contributed by atoms with Crippen molar-refractivity contribution in [2.45, 2.75) is 61.4 Å². The maximum absolute atomic E-state index is 13.8. The summed E-state index contributed by atoms with van der Waals surface area (Å²) >= 11 is 0. The fraction of sp³-hybridized carbons (Fsp3) is 0.364. The monoisotopic (exact) mass is 573 g/mol. The summed E-state index contributed by atoms with van der Waals surface area (Å²) in [5.74, 6) is 1.07. The summed E-state index contributed by atoms with van der Waals surface area (Å²) in [7, 11) is -2.34. The van der Waals surface area contributed by atoms with Gasteiger partial charge in [0.05, 0.1) is 18.0 Å². The van der Waals surface area contributed by atoms with Crippen molar-refractivity contribution in [1.29, 1.82) is 0 Å². The highest BCUT2D eigenvalue weighted by Crippen LogP contribution is 2.34. The number of benzene rings is 3. The Bertz CT molecular complexity index is 1540. The predicted octanol–water partition coefficient (Wildman–Crippen LogP) is 7.12. The number of likely N-dealkylation sites (tertiary alicyclic amines) is 1. The third-order valence-electron chi connectivity index (χ3n) is 7.69. The molecule has 1 unspecified atom stereocenters. The predicted molar refractivity (Wildman–Crippen MR) is 162 cm³/mol. The van der Waals surface area contributed by atoms with Crippen LogP contribution in [-0.4, -0.2) is 45.0 Å². The minimum absolute atomic E-state index is 0.0473. The van der Waals surface area contributed by atoms with E-state index in [-0.39, 0.29) is 33.2 Å².